The number of rotatable bonds is 8. The molecule has 1 amide bonds. The van der Waals surface area contributed by atoms with Crippen LogP contribution in [0.4, 0.5) is 5.82 Å². The van der Waals surface area contributed by atoms with Gasteiger partial charge in [-0.1, -0.05) is 30.3 Å². The number of amides is 1. The van der Waals surface area contributed by atoms with Gasteiger partial charge >= 0.3 is 0 Å². The molecule has 7 heteroatoms. The van der Waals surface area contributed by atoms with E-state index < -0.39 is 0 Å². The van der Waals surface area contributed by atoms with Gasteiger partial charge in [0.25, 0.3) is 5.91 Å². The molecule has 3 aromatic rings. The molecule has 0 bridgehead atoms. The molecule has 0 aliphatic heterocycles. The molecule has 3 rings (SSSR count). The molecule has 0 fully saturated rings. The molecule has 2 aromatic carbocycles. The van der Waals surface area contributed by atoms with Crippen molar-refractivity contribution in [3.05, 3.63) is 77.7 Å². The van der Waals surface area contributed by atoms with Crippen LogP contribution in [0.1, 0.15) is 21.6 Å². The van der Waals surface area contributed by atoms with Crippen molar-refractivity contribution < 1.29 is 14.3 Å². The van der Waals surface area contributed by atoms with Gasteiger partial charge in [-0.3, -0.25) is 4.79 Å². The van der Waals surface area contributed by atoms with Gasteiger partial charge in [0.15, 0.2) is 0 Å². The first-order chi connectivity index (χ1) is 13.7. The monoisotopic (exact) mass is 378 g/mol. The lowest BCUT2D eigenvalue weighted by molar-refractivity contribution is 0.0945. The Labute approximate surface area is 163 Å². The first kappa shape index (κ1) is 19.2. The fraction of sp³-hybridized carbons (Fsp3) is 0.190. The van der Waals surface area contributed by atoms with Crippen molar-refractivity contribution in [2.45, 2.75) is 13.1 Å². The van der Waals surface area contributed by atoms with Crippen LogP contribution in [-0.4, -0.2) is 30.1 Å². The predicted octanol–water partition coefficient (Wildman–Crippen LogP) is 3.04. The standard InChI is InChI=1S/C21H22N4O3/c1-27-17-9-7-15(8-10-17)11-25-21(26)18-13-24-20(14-22-18)23-12-16-5-3-4-6-19(16)28-2/h3-10,13-14H,11-12H2,1-2H3,(H,23,24)(H,25,26). The number of nitrogens with one attached hydrogen (secondary N) is 2. The van der Waals surface area contributed by atoms with E-state index in [9.17, 15) is 4.79 Å². The van der Waals surface area contributed by atoms with Crippen molar-refractivity contribution in [3.8, 4) is 11.5 Å². The van der Waals surface area contributed by atoms with Gasteiger partial charge in [-0.25, -0.2) is 9.97 Å². The summed E-state index contributed by atoms with van der Waals surface area (Å²) in [6.07, 6.45) is 2.99. The summed E-state index contributed by atoms with van der Waals surface area (Å²) < 4.78 is 10.4. The minimum Gasteiger partial charge on any atom is -0.497 e. The van der Waals surface area contributed by atoms with Crippen LogP contribution in [0.3, 0.4) is 0 Å². The SMILES string of the molecule is COc1ccc(CNC(=O)c2cnc(NCc3ccccc3OC)cn2)cc1. The molecule has 0 radical (unpaired) electrons. The molecule has 2 N–H and O–H groups in total. The lowest BCUT2D eigenvalue weighted by Gasteiger charge is -2.10. The Bertz CT molecular complexity index is 912. The third-order valence-electron chi connectivity index (χ3n) is 4.15. The van der Waals surface area contributed by atoms with Crippen LogP contribution < -0.4 is 20.1 Å². The zero-order valence-electron chi connectivity index (χ0n) is 15.8. The number of aromatic nitrogens is 2. The van der Waals surface area contributed by atoms with Crippen LogP contribution in [0.5, 0.6) is 11.5 Å². The van der Waals surface area contributed by atoms with Crippen molar-refractivity contribution in [3.63, 3.8) is 0 Å². The molecule has 0 atom stereocenters. The maximum absolute atomic E-state index is 12.2. The Kier molecular flexibility index (Phi) is 6.41. The highest BCUT2D eigenvalue weighted by Gasteiger charge is 2.08. The largest absolute Gasteiger partial charge is 0.497 e. The van der Waals surface area contributed by atoms with Gasteiger partial charge in [0.2, 0.25) is 0 Å². The summed E-state index contributed by atoms with van der Waals surface area (Å²) in [6.45, 7) is 0.944. The summed E-state index contributed by atoms with van der Waals surface area (Å²) in [7, 11) is 3.25. The van der Waals surface area contributed by atoms with E-state index in [2.05, 4.69) is 20.6 Å². The summed E-state index contributed by atoms with van der Waals surface area (Å²) in [5, 5.41) is 6.00. The quantitative estimate of drug-likeness (QED) is 0.627. The number of carbonyl (C=O) groups excluding carboxylic acids is 1. The fourth-order valence-electron chi connectivity index (χ4n) is 2.59. The topological polar surface area (TPSA) is 85.4 Å². The second kappa shape index (κ2) is 9.36. The van der Waals surface area contributed by atoms with Crippen LogP contribution in [0, 0.1) is 0 Å². The molecule has 0 saturated heterocycles. The first-order valence-electron chi connectivity index (χ1n) is 8.78. The lowest BCUT2D eigenvalue weighted by atomic mass is 10.2. The van der Waals surface area contributed by atoms with E-state index in [1.165, 1.54) is 12.4 Å². The van der Waals surface area contributed by atoms with E-state index in [1.807, 2.05) is 48.5 Å². The van der Waals surface area contributed by atoms with Crippen molar-refractivity contribution in [1.29, 1.82) is 0 Å². The van der Waals surface area contributed by atoms with Crippen LogP contribution >= 0.6 is 0 Å². The minimum atomic E-state index is -0.278. The molecule has 0 aliphatic carbocycles. The number of nitrogens with zero attached hydrogens (tertiary/aromatic N) is 2. The molecule has 144 valence electrons. The average Bonchev–Trinajstić information content (AvgIpc) is 2.77. The van der Waals surface area contributed by atoms with Gasteiger partial charge in [-0.05, 0) is 23.8 Å². The van der Waals surface area contributed by atoms with Crippen molar-refractivity contribution >= 4 is 11.7 Å². The highest BCUT2D eigenvalue weighted by Crippen LogP contribution is 2.18. The molecular formula is C21H22N4O3. The van der Waals surface area contributed by atoms with Crippen molar-refractivity contribution in [2.24, 2.45) is 0 Å². The molecule has 0 aliphatic rings. The van der Waals surface area contributed by atoms with Crippen LogP contribution in [0.2, 0.25) is 0 Å². The number of benzene rings is 2. The Hall–Kier alpha value is -3.61. The third kappa shape index (κ3) is 4.97. The van der Waals surface area contributed by atoms with E-state index in [4.69, 9.17) is 9.47 Å². The summed E-state index contributed by atoms with van der Waals surface area (Å²) >= 11 is 0. The van der Waals surface area contributed by atoms with E-state index >= 15 is 0 Å². The Morgan fingerprint density at radius 3 is 2.39 bits per heavy atom. The first-order valence-corrected chi connectivity index (χ1v) is 8.78. The number of anilines is 1. The van der Waals surface area contributed by atoms with E-state index in [0.717, 1.165) is 22.6 Å². The van der Waals surface area contributed by atoms with Gasteiger partial charge in [0.1, 0.15) is 23.0 Å². The molecule has 1 aromatic heterocycles. The summed E-state index contributed by atoms with van der Waals surface area (Å²) in [5.74, 6) is 1.88. The highest BCUT2D eigenvalue weighted by molar-refractivity contribution is 5.91. The fourth-order valence-corrected chi connectivity index (χ4v) is 2.59. The summed E-state index contributed by atoms with van der Waals surface area (Å²) in [6, 6.07) is 15.2. The highest BCUT2D eigenvalue weighted by atomic mass is 16.5. The van der Waals surface area contributed by atoms with E-state index in [1.54, 1.807) is 14.2 Å². The summed E-state index contributed by atoms with van der Waals surface area (Å²) in [4.78, 5) is 20.7. The molecule has 0 saturated carbocycles. The molecular weight excluding hydrogens is 356 g/mol. The number of hydrogen-bond acceptors (Lipinski definition) is 6. The van der Waals surface area contributed by atoms with Gasteiger partial charge in [-0.15, -0.1) is 0 Å². The zero-order valence-corrected chi connectivity index (χ0v) is 15.8. The molecule has 1 heterocycles. The molecule has 28 heavy (non-hydrogen) atoms. The number of para-hydroxylation sites is 1. The Balaban J connectivity index is 1.53. The number of ether oxygens (including phenoxy) is 2. The summed E-state index contributed by atoms with van der Waals surface area (Å²) in [5.41, 5.74) is 2.24. The van der Waals surface area contributed by atoms with E-state index in [-0.39, 0.29) is 11.6 Å². The lowest BCUT2D eigenvalue weighted by Crippen LogP contribution is -2.24. The molecule has 0 spiro atoms. The number of methoxy groups -OCH3 is 2. The molecule has 0 unspecified atom stereocenters. The second-order valence-corrected chi connectivity index (χ2v) is 5.98. The van der Waals surface area contributed by atoms with Crippen LogP contribution in [-0.2, 0) is 13.1 Å². The Morgan fingerprint density at radius 1 is 0.929 bits per heavy atom. The Morgan fingerprint density at radius 2 is 1.71 bits per heavy atom. The van der Waals surface area contributed by atoms with Crippen molar-refractivity contribution in [2.75, 3.05) is 19.5 Å². The maximum Gasteiger partial charge on any atom is 0.271 e. The molecule has 7 nitrogen and oxygen atoms in total. The minimum absolute atomic E-state index is 0.261. The normalized spacial score (nSPS) is 10.2. The maximum atomic E-state index is 12.2. The average molecular weight is 378 g/mol. The van der Waals surface area contributed by atoms with Gasteiger partial charge in [0, 0.05) is 18.7 Å². The van der Waals surface area contributed by atoms with Crippen molar-refractivity contribution in [1.82, 2.24) is 15.3 Å². The smallest absolute Gasteiger partial charge is 0.271 e. The van der Waals surface area contributed by atoms with Crippen LogP contribution in [0.15, 0.2) is 60.9 Å². The zero-order chi connectivity index (χ0) is 19.8. The van der Waals surface area contributed by atoms with Gasteiger partial charge in [0.05, 0.1) is 26.6 Å². The number of carbonyl (C=O) groups is 1. The van der Waals surface area contributed by atoms with Gasteiger partial charge < -0.3 is 20.1 Å². The third-order valence-corrected chi connectivity index (χ3v) is 4.15. The second-order valence-electron chi connectivity index (χ2n) is 5.98. The van der Waals surface area contributed by atoms with E-state index in [0.29, 0.717) is 18.9 Å². The van der Waals surface area contributed by atoms with Crippen LogP contribution in [0.25, 0.3) is 0 Å². The number of hydrogen-bond donors (Lipinski definition) is 2. The predicted molar refractivity (Wildman–Crippen MR) is 107 cm³/mol. The van der Waals surface area contributed by atoms with Gasteiger partial charge in [-0.2, -0.15) is 0 Å².